The lowest BCUT2D eigenvalue weighted by molar-refractivity contribution is 0.0999. The molecule has 1 aromatic carbocycles. The molecule has 84 valence electrons. The Morgan fingerprint density at radius 2 is 2.07 bits per heavy atom. The Hall–Kier alpha value is -1.22. The lowest BCUT2D eigenvalue weighted by atomic mass is 10.0. The van der Waals surface area contributed by atoms with Crippen molar-refractivity contribution in [1.29, 1.82) is 0 Å². The van der Waals surface area contributed by atoms with Crippen molar-refractivity contribution in [2.75, 3.05) is 5.73 Å². The molecule has 15 heavy (non-hydrogen) atoms. The zero-order valence-corrected chi connectivity index (χ0v) is 9.64. The van der Waals surface area contributed by atoms with Gasteiger partial charge in [-0.05, 0) is 36.6 Å². The van der Waals surface area contributed by atoms with E-state index < -0.39 is 0 Å². The number of benzene rings is 1. The van der Waals surface area contributed by atoms with Crippen molar-refractivity contribution in [3.63, 3.8) is 0 Å². The Bertz CT molecular complexity index is 339. The molecule has 0 fully saturated rings. The first-order valence-corrected chi connectivity index (χ1v) is 4.83. The van der Waals surface area contributed by atoms with Gasteiger partial charge in [0.15, 0.2) is 0 Å². The summed E-state index contributed by atoms with van der Waals surface area (Å²) < 4.78 is 0. The van der Waals surface area contributed by atoms with Gasteiger partial charge in [-0.15, -0.1) is 12.4 Å². The first-order valence-electron chi connectivity index (χ1n) is 4.83. The molecule has 0 aliphatic rings. The maximum atomic E-state index is 11.1. The third-order valence-corrected chi connectivity index (χ3v) is 2.19. The number of hydrogen-bond acceptors (Lipinski definition) is 2. The molecule has 0 heterocycles. The molecule has 0 aliphatic heterocycles. The number of nitrogen functional groups attached to an aromatic ring is 1. The zero-order chi connectivity index (χ0) is 10.6. The van der Waals surface area contributed by atoms with E-state index in [1.807, 2.05) is 6.07 Å². The van der Waals surface area contributed by atoms with Crippen molar-refractivity contribution < 1.29 is 4.79 Å². The predicted molar refractivity (Wildman–Crippen MR) is 65.2 cm³/mol. The van der Waals surface area contributed by atoms with Crippen LogP contribution in [0.1, 0.15) is 35.7 Å². The van der Waals surface area contributed by atoms with Crippen LogP contribution in [0, 0.1) is 0 Å². The average molecular weight is 229 g/mol. The molecular formula is C11H17ClN2O. The van der Waals surface area contributed by atoms with Crippen LogP contribution < -0.4 is 11.5 Å². The van der Waals surface area contributed by atoms with E-state index in [1.165, 1.54) is 0 Å². The van der Waals surface area contributed by atoms with E-state index in [0.29, 0.717) is 11.3 Å². The number of rotatable bonds is 4. The summed E-state index contributed by atoms with van der Waals surface area (Å²) in [6.45, 7) is 2.11. The van der Waals surface area contributed by atoms with Gasteiger partial charge in [0, 0.05) is 11.3 Å². The molecule has 3 nitrogen and oxygen atoms in total. The van der Waals surface area contributed by atoms with Gasteiger partial charge in [0.1, 0.15) is 0 Å². The number of anilines is 1. The van der Waals surface area contributed by atoms with Gasteiger partial charge in [0.05, 0.1) is 0 Å². The highest BCUT2D eigenvalue weighted by atomic mass is 35.5. The number of aryl methyl sites for hydroxylation is 1. The van der Waals surface area contributed by atoms with Gasteiger partial charge >= 0.3 is 0 Å². The molecule has 0 aliphatic carbocycles. The van der Waals surface area contributed by atoms with Crippen molar-refractivity contribution in [1.82, 2.24) is 0 Å². The summed E-state index contributed by atoms with van der Waals surface area (Å²) in [6, 6.07) is 5.23. The van der Waals surface area contributed by atoms with Gasteiger partial charge < -0.3 is 11.5 Å². The van der Waals surface area contributed by atoms with Crippen LogP contribution in [-0.2, 0) is 6.42 Å². The fourth-order valence-electron chi connectivity index (χ4n) is 1.43. The van der Waals surface area contributed by atoms with Crippen molar-refractivity contribution >= 4 is 24.0 Å². The molecule has 0 saturated carbocycles. The molecule has 0 bridgehead atoms. The third kappa shape index (κ3) is 3.80. The quantitative estimate of drug-likeness (QED) is 0.776. The Morgan fingerprint density at radius 3 is 2.60 bits per heavy atom. The van der Waals surface area contributed by atoms with Crippen LogP contribution in [0.4, 0.5) is 5.69 Å². The maximum Gasteiger partial charge on any atom is 0.248 e. The lowest BCUT2D eigenvalue weighted by Gasteiger charge is -2.06. The van der Waals surface area contributed by atoms with Gasteiger partial charge in [-0.3, -0.25) is 4.79 Å². The average Bonchev–Trinajstić information content (AvgIpc) is 2.14. The monoisotopic (exact) mass is 228 g/mol. The van der Waals surface area contributed by atoms with Gasteiger partial charge in [0.2, 0.25) is 5.91 Å². The largest absolute Gasteiger partial charge is 0.399 e. The fourth-order valence-corrected chi connectivity index (χ4v) is 1.43. The van der Waals surface area contributed by atoms with Crippen LogP contribution in [0.3, 0.4) is 0 Å². The van der Waals surface area contributed by atoms with E-state index in [2.05, 4.69) is 6.92 Å². The summed E-state index contributed by atoms with van der Waals surface area (Å²) in [7, 11) is 0. The van der Waals surface area contributed by atoms with Crippen molar-refractivity contribution in [2.24, 2.45) is 5.73 Å². The Kier molecular flexibility index (Phi) is 5.79. The summed E-state index contributed by atoms with van der Waals surface area (Å²) in [6.07, 6.45) is 3.00. The minimum Gasteiger partial charge on any atom is -0.399 e. The molecule has 0 aromatic heterocycles. The number of amides is 1. The lowest BCUT2D eigenvalue weighted by Crippen LogP contribution is -2.14. The maximum absolute atomic E-state index is 11.1. The van der Waals surface area contributed by atoms with Crippen LogP contribution in [0.15, 0.2) is 18.2 Å². The van der Waals surface area contributed by atoms with Gasteiger partial charge in [0.25, 0.3) is 0 Å². The fraction of sp³-hybridized carbons (Fsp3) is 0.364. The van der Waals surface area contributed by atoms with Gasteiger partial charge in [-0.25, -0.2) is 0 Å². The molecular weight excluding hydrogens is 212 g/mol. The zero-order valence-electron chi connectivity index (χ0n) is 8.82. The Balaban J connectivity index is 0.00000196. The minimum atomic E-state index is -0.379. The van der Waals surface area contributed by atoms with Crippen molar-refractivity contribution in [3.05, 3.63) is 29.3 Å². The van der Waals surface area contributed by atoms with E-state index in [0.717, 1.165) is 24.8 Å². The normalized spacial score (nSPS) is 9.40. The molecule has 0 saturated heterocycles. The standard InChI is InChI=1S/C11H16N2O.ClH/c1-2-3-4-8-7-9(12)5-6-10(8)11(13)14;/h5-7H,2-4,12H2,1H3,(H2,13,14);1H. The van der Waals surface area contributed by atoms with Gasteiger partial charge in [-0.1, -0.05) is 13.3 Å². The highest BCUT2D eigenvalue weighted by molar-refractivity contribution is 5.94. The van der Waals surface area contributed by atoms with Crippen LogP contribution >= 0.6 is 12.4 Å². The topological polar surface area (TPSA) is 69.1 Å². The van der Waals surface area contributed by atoms with Crippen molar-refractivity contribution in [3.8, 4) is 0 Å². The molecule has 1 aromatic rings. The van der Waals surface area contributed by atoms with Crippen molar-refractivity contribution in [2.45, 2.75) is 26.2 Å². The van der Waals surface area contributed by atoms with E-state index in [1.54, 1.807) is 12.1 Å². The van der Waals surface area contributed by atoms with Gasteiger partial charge in [-0.2, -0.15) is 0 Å². The summed E-state index contributed by atoms with van der Waals surface area (Å²) in [4.78, 5) is 11.1. The number of carbonyl (C=O) groups is 1. The molecule has 0 atom stereocenters. The second-order valence-electron chi connectivity index (χ2n) is 3.38. The Labute approximate surface area is 96.3 Å². The van der Waals surface area contributed by atoms with Crippen LogP contribution in [0.5, 0.6) is 0 Å². The summed E-state index contributed by atoms with van der Waals surface area (Å²) in [5.74, 6) is -0.379. The highest BCUT2D eigenvalue weighted by Gasteiger charge is 2.07. The third-order valence-electron chi connectivity index (χ3n) is 2.19. The number of halogens is 1. The summed E-state index contributed by atoms with van der Waals surface area (Å²) in [5, 5.41) is 0. The summed E-state index contributed by atoms with van der Waals surface area (Å²) in [5.41, 5.74) is 13.1. The molecule has 0 spiro atoms. The Morgan fingerprint density at radius 1 is 1.40 bits per heavy atom. The highest BCUT2D eigenvalue weighted by Crippen LogP contribution is 2.15. The minimum absolute atomic E-state index is 0. The number of unbranched alkanes of at least 4 members (excludes halogenated alkanes) is 1. The van der Waals surface area contributed by atoms with E-state index in [9.17, 15) is 4.79 Å². The van der Waals surface area contributed by atoms with E-state index in [-0.39, 0.29) is 18.3 Å². The van der Waals surface area contributed by atoms with Crippen LogP contribution in [0.25, 0.3) is 0 Å². The molecule has 4 heteroatoms. The van der Waals surface area contributed by atoms with Crippen LogP contribution in [-0.4, -0.2) is 5.91 Å². The smallest absolute Gasteiger partial charge is 0.248 e. The SMILES string of the molecule is CCCCc1cc(N)ccc1C(N)=O.Cl. The second-order valence-corrected chi connectivity index (χ2v) is 3.38. The number of nitrogens with two attached hydrogens (primary N) is 2. The number of carbonyl (C=O) groups excluding carboxylic acids is 1. The second kappa shape index (κ2) is 6.30. The predicted octanol–water partition coefficient (Wildman–Crippen LogP) is 2.13. The first-order chi connectivity index (χ1) is 6.65. The molecule has 4 N–H and O–H groups in total. The molecule has 1 rings (SSSR count). The number of hydrogen-bond donors (Lipinski definition) is 2. The summed E-state index contributed by atoms with van der Waals surface area (Å²) >= 11 is 0. The van der Waals surface area contributed by atoms with Crippen LogP contribution in [0.2, 0.25) is 0 Å². The van der Waals surface area contributed by atoms with E-state index in [4.69, 9.17) is 11.5 Å². The first kappa shape index (κ1) is 13.8. The molecule has 1 amide bonds. The number of primary amides is 1. The molecule has 0 unspecified atom stereocenters. The molecule has 0 radical (unpaired) electrons. The van der Waals surface area contributed by atoms with E-state index >= 15 is 0 Å².